The highest BCUT2D eigenvalue weighted by Crippen LogP contribution is 2.35. The van der Waals surface area contributed by atoms with E-state index in [1.54, 1.807) is 32.7 Å². The molecule has 2 atom stereocenters. The van der Waals surface area contributed by atoms with E-state index in [9.17, 15) is 0 Å². The quantitative estimate of drug-likeness (QED) is 0.550. The van der Waals surface area contributed by atoms with Crippen LogP contribution in [0.2, 0.25) is 0 Å². The predicted molar refractivity (Wildman–Crippen MR) is 83.3 cm³/mol. The molecule has 0 saturated heterocycles. The van der Waals surface area contributed by atoms with E-state index >= 15 is 0 Å². The van der Waals surface area contributed by atoms with E-state index in [0.717, 1.165) is 19.3 Å². The lowest BCUT2D eigenvalue weighted by Crippen LogP contribution is -2.63. The SMILES string of the molecule is C=C[SiH](OC)OC(CC)(CCC)[Si](C=C)(OC)OC. The molecule has 0 N–H and O–H groups in total. The summed E-state index contributed by atoms with van der Waals surface area (Å²) < 4.78 is 23.2. The third-order valence-corrected chi connectivity index (χ3v) is 9.01. The molecule has 0 radical (unpaired) electrons. The molecule has 19 heavy (non-hydrogen) atoms. The van der Waals surface area contributed by atoms with E-state index in [1.165, 1.54) is 0 Å². The summed E-state index contributed by atoms with van der Waals surface area (Å²) in [5.41, 5.74) is 3.57. The smallest absolute Gasteiger partial charge is 0.395 e. The Bertz CT molecular complexity index is 282. The lowest BCUT2D eigenvalue weighted by atomic mass is 10.1. The van der Waals surface area contributed by atoms with Crippen LogP contribution in [0.15, 0.2) is 24.6 Å². The standard InChI is InChI=1S/C13H28O4Si2/c1-8-12-13(9-2,17-18(10-3)14-5)19(11-4,15-6)16-7/h10-11,18H,3-4,8-9,12H2,1-2,5-7H3. The fourth-order valence-corrected chi connectivity index (χ4v) is 7.28. The van der Waals surface area contributed by atoms with E-state index in [1.807, 2.05) is 0 Å². The van der Waals surface area contributed by atoms with Crippen molar-refractivity contribution in [2.75, 3.05) is 21.3 Å². The molecule has 0 rings (SSSR count). The van der Waals surface area contributed by atoms with E-state index < -0.39 is 23.1 Å². The molecule has 4 nitrogen and oxygen atoms in total. The van der Waals surface area contributed by atoms with Crippen molar-refractivity contribution >= 4 is 17.8 Å². The van der Waals surface area contributed by atoms with Crippen LogP contribution in [0.4, 0.5) is 0 Å². The molecule has 0 heterocycles. The van der Waals surface area contributed by atoms with E-state index in [2.05, 4.69) is 27.0 Å². The Morgan fingerprint density at radius 2 is 1.74 bits per heavy atom. The Morgan fingerprint density at radius 1 is 1.16 bits per heavy atom. The van der Waals surface area contributed by atoms with Crippen LogP contribution in [0, 0.1) is 0 Å². The van der Waals surface area contributed by atoms with Gasteiger partial charge in [-0.2, -0.15) is 0 Å². The van der Waals surface area contributed by atoms with Crippen LogP contribution >= 0.6 is 0 Å². The Labute approximate surface area is 120 Å². The molecule has 0 bridgehead atoms. The topological polar surface area (TPSA) is 36.9 Å². The summed E-state index contributed by atoms with van der Waals surface area (Å²) in [5, 5.41) is -0.478. The van der Waals surface area contributed by atoms with Crippen LogP contribution in [0.5, 0.6) is 0 Å². The maximum absolute atomic E-state index is 6.30. The average Bonchev–Trinajstić information content (AvgIpc) is 2.46. The summed E-state index contributed by atoms with van der Waals surface area (Å²) in [4.78, 5) is 0. The molecular weight excluding hydrogens is 276 g/mol. The summed E-state index contributed by atoms with van der Waals surface area (Å²) in [6, 6.07) is 0. The van der Waals surface area contributed by atoms with Crippen LogP contribution < -0.4 is 0 Å². The summed E-state index contributed by atoms with van der Waals surface area (Å²) in [5.74, 6) is 0. The van der Waals surface area contributed by atoms with Gasteiger partial charge in [0.05, 0.1) is 0 Å². The first-order chi connectivity index (χ1) is 9.05. The zero-order chi connectivity index (χ0) is 14.9. The Morgan fingerprint density at radius 3 is 2.00 bits per heavy atom. The van der Waals surface area contributed by atoms with E-state index in [0.29, 0.717) is 0 Å². The number of rotatable bonds is 11. The Balaban J connectivity index is 5.57. The monoisotopic (exact) mass is 304 g/mol. The fraction of sp³-hybridized carbons (Fsp3) is 0.692. The van der Waals surface area contributed by atoms with Gasteiger partial charge in [0, 0.05) is 21.3 Å². The van der Waals surface area contributed by atoms with Crippen LogP contribution in [0.25, 0.3) is 0 Å². The maximum Gasteiger partial charge on any atom is 0.395 e. The third kappa shape index (κ3) is 3.87. The molecule has 6 heteroatoms. The number of hydrogen-bond donors (Lipinski definition) is 0. The van der Waals surface area contributed by atoms with Gasteiger partial charge >= 0.3 is 17.8 Å². The molecule has 0 aliphatic carbocycles. The summed E-state index contributed by atoms with van der Waals surface area (Å²) >= 11 is 0. The molecule has 0 aromatic carbocycles. The molecule has 0 aromatic rings. The highest BCUT2D eigenvalue weighted by Gasteiger charge is 2.55. The summed E-state index contributed by atoms with van der Waals surface area (Å²) in [6.45, 7) is 11.9. The Hall–Kier alpha value is -0.246. The van der Waals surface area contributed by atoms with Crippen LogP contribution in [0.3, 0.4) is 0 Å². The van der Waals surface area contributed by atoms with Crippen molar-refractivity contribution in [3.05, 3.63) is 24.6 Å². The van der Waals surface area contributed by atoms with Crippen LogP contribution in [-0.4, -0.2) is 44.4 Å². The number of hydrogen-bond acceptors (Lipinski definition) is 4. The largest absolute Gasteiger partial charge is 0.397 e. The zero-order valence-corrected chi connectivity index (χ0v) is 15.1. The van der Waals surface area contributed by atoms with Gasteiger partial charge in [-0.05, 0) is 18.5 Å². The highest BCUT2D eigenvalue weighted by molar-refractivity contribution is 6.76. The van der Waals surface area contributed by atoms with Crippen molar-refractivity contribution in [3.63, 3.8) is 0 Å². The van der Waals surface area contributed by atoms with Gasteiger partial charge in [0.25, 0.3) is 0 Å². The van der Waals surface area contributed by atoms with Crippen LogP contribution in [0.1, 0.15) is 33.1 Å². The van der Waals surface area contributed by atoms with Crippen molar-refractivity contribution in [2.45, 2.75) is 38.3 Å². The van der Waals surface area contributed by atoms with E-state index in [4.69, 9.17) is 17.7 Å². The van der Waals surface area contributed by atoms with Gasteiger partial charge in [0.15, 0.2) is 0 Å². The first-order valence-electron chi connectivity index (χ1n) is 6.62. The average molecular weight is 305 g/mol. The molecule has 0 aromatic heterocycles. The van der Waals surface area contributed by atoms with Gasteiger partial charge in [0.1, 0.15) is 5.22 Å². The van der Waals surface area contributed by atoms with Gasteiger partial charge in [0.2, 0.25) is 0 Å². The second-order valence-corrected chi connectivity index (χ2v) is 9.72. The first kappa shape index (κ1) is 18.8. The van der Waals surface area contributed by atoms with Gasteiger partial charge in [-0.3, -0.25) is 0 Å². The van der Waals surface area contributed by atoms with Gasteiger partial charge in [-0.25, -0.2) is 0 Å². The lowest BCUT2D eigenvalue weighted by molar-refractivity contribution is 0.0469. The molecule has 0 aliphatic heterocycles. The molecular formula is C13H28O4Si2. The molecule has 0 saturated carbocycles. The second kappa shape index (κ2) is 8.83. The molecule has 112 valence electrons. The first-order valence-corrected chi connectivity index (χ1v) is 10.1. The predicted octanol–water partition coefficient (Wildman–Crippen LogP) is 2.54. The fourth-order valence-electron chi connectivity index (χ4n) is 2.45. The van der Waals surface area contributed by atoms with Crippen molar-refractivity contribution in [2.24, 2.45) is 0 Å². The lowest BCUT2D eigenvalue weighted by Gasteiger charge is -2.44. The van der Waals surface area contributed by atoms with Crippen molar-refractivity contribution in [1.82, 2.24) is 0 Å². The third-order valence-electron chi connectivity index (χ3n) is 3.50. The second-order valence-electron chi connectivity index (χ2n) is 4.34. The van der Waals surface area contributed by atoms with Gasteiger partial charge in [-0.15, -0.1) is 13.2 Å². The molecule has 0 amide bonds. The van der Waals surface area contributed by atoms with Crippen molar-refractivity contribution in [3.8, 4) is 0 Å². The highest BCUT2D eigenvalue weighted by atomic mass is 28.4. The summed E-state index contributed by atoms with van der Waals surface area (Å²) in [6.07, 6.45) is 2.62. The van der Waals surface area contributed by atoms with Gasteiger partial charge < -0.3 is 17.7 Å². The maximum atomic E-state index is 6.30. The van der Waals surface area contributed by atoms with Crippen molar-refractivity contribution in [1.29, 1.82) is 0 Å². The van der Waals surface area contributed by atoms with Gasteiger partial charge in [-0.1, -0.05) is 26.0 Å². The van der Waals surface area contributed by atoms with Crippen molar-refractivity contribution < 1.29 is 17.7 Å². The van der Waals surface area contributed by atoms with Crippen LogP contribution in [-0.2, 0) is 17.7 Å². The molecule has 0 spiro atoms. The normalized spacial score (nSPS) is 16.7. The molecule has 2 unspecified atom stereocenters. The van der Waals surface area contributed by atoms with E-state index in [-0.39, 0.29) is 0 Å². The summed E-state index contributed by atoms with van der Waals surface area (Å²) in [7, 11) is 0.402. The molecule has 0 aliphatic rings. The Kier molecular flexibility index (Phi) is 8.72. The minimum absolute atomic E-state index is 0.478. The molecule has 0 fully saturated rings. The minimum Gasteiger partial charge on any atom is -0.397 e. The zero-order valence-electron chi connectivity index (χ0n) is 12.9. The minimum atomic E-state index is -2.66.